The summed E-state index contributed by atoms with van der Waals surface area (Å²) in [4.78, 5) is 12.4. The molecule has 0 unspecified atom stereocenters. The number of carbonyl (C=O) groups excluding carboxylic acids is 1. The first-order valence-corrected chi connectivity index (χ1v) is 3.49. The molecule has 0 bridgehead atoms. The number of carbonyl (C=O) groups is 1. The van der Waals surface area contributed by atoms with Gasteiger partial charge in [0.05, 0.1) is 7.11 Å². The number of methoxy groups -OCH3 is 1. The Hall–Kier alpha value is -0.510. The Morgan fingerprint density at radius 2 is 2.10 bits per heavy atom. The van der Waals surface area contributed by atoms with Crippen molar-refractivity contribution in [2.45, 2.75) is 0 Å². The lowest BCUT2D eigenvalue weighted by Gasteiger charge is -2.04. The second-order valence-electron chi connectivity index (χ2n) is 1.93. The van der Waals surface area contributed by atoms with Crippen molar-refractivity contribution < 1.29 is 9.53 Å². The zero-order valence-corrected chi connectivity index (χ0v) is 7.81. The van der Waals surface area contributed by atoms with Gasteiger partial charge in [-0.15, -0.1) is 0 Å². The van der Waals surface area contributed by atoms with Crippen molar-refractivity contribution in [3.63, 3.8) is 0 Å². The van der Waals surface area contributed by atoms with E-state index < -0.39 is 0 Å². The molecule has 0 saturated heterocycles. The van der Waals surface area contributed by atoms with Gasteiger partial charge in [0.15, 0.2) is 0 Å². The number of hydrogen-bond donors (Lipinski definition) is 0. The maximum Gasteiger partial charge on any atom is 0.346 e. The predicted octanol–water partition coefficient (Wildman–Crippen LogP) is 0.957. The SMILES string of the molecule is COC(=O)/C(Br)=C/N(C)C. The summed E-state index contributed by atoms with van der Waals surface area (Å²) in [6.07, 6.45) is 1.63. The van der Waals surface area contributed by atoms with Gasteiger partial charge in [-0.2, -0.15) is 0 Å². The van der Waals surface area contributed by atoms with Crippen LogP contribution < -0.4 is 0 Å². The van der Waals surface area contributed by atoms with Crippen molar-refractivity contribution in [1.82, 2.24) is 4.90 Å². The van der Waals surface area contributed by atoms with Gasteiger partial charge in [0, 0.05) is 20.3 Å². The third kappa shape index (κ3) is 3.50. The monoisotopic (exact) mass is 207 g/mol. The van der Waals surface area contributed by atoms with Crippen LogP contribution >= 0.6 is 15.9 Å². The molecule has 0 fully saturated rings. The van der Waals surface area contributed by atoms with Crippen LogP contribution in [0.2, 0.25) is 0 Å². The summed E-state index contributed by atoms with van der Waals surface area (Å²) in [5.41, 5.74) is 0. The van der Waals surface area contributed by atoms with E-state index in [2.05, 4.69) is 20.7 Å². The van der Waals surface area contributed by atoms with Gasteiger partial charge in [0.2, 0.25) is 0 Å². The number of nitrogens with zero attached hydrogens (tertiary/aromatic N) is 1. The minimum absolute atomic E-state index is 0.367. The summed E-state index contributed by atoms with van der Waals surface area (Å²) in [7, 11) is 4.99. The van der Waals surface area contributed by atoms with E-state index in [9.17, 15) is 4.79 Å². The molecule has 0 aromatic heterocycles. The third-order valence-corrected chi connectivity index (χ3v) is 1.28. The molecule has 0 spiro atoms. The van der Waals surface area contributed by atoms with Crippen LogP contribution in [0.1, 0.15) is 0 Å². The van der Waals surface area contributed by atoms with Gasteiger partial charge < -0.3 is 9.64 Å². The molecular formula is C6H10BrNO2. The first kappa shape index (κ1) is 9.49. The van der Waals surface area contributed by atoms with E-state index in [1.165, 1.54) is 7.11 Å². The van der Waals surface area contributed by atoms with Gasteiger partial charge in [-0.1, -0.05) is 0 Å². The lowest BCUT2D eigenvalue weighted by Crippen LogP contribution is -2.06. The van der Waals surface area contributed by atoms with Crippen LogP contribution in [0.4, 0.5) is 0 Å². The number of esters is 1. The molecule has 10 heavy (non-hydrogen) atoms. The van der Waals surface area contributed by atoms with Crippen LogP contribution in [0.15, 0.2) is 10.7 Å². The Balaban J connectivity index is 4.05. The molecule has 0 heterocycles. The first-order chi connectivity index (χ1) is 4.57. The van der Waals surface area contributed by atoms with Crippen molar-refractivity contribution in [3.8, 4) is 0 Å². The van der Waals surface area contributed by atoms with Crippen LogP contribution in [-0.2, 0) is 9.53 Å². The van der Waals surface area contributed by atoms with E-state index in [1.54, 1.807) is 11.1 Å². The van der Waals surface area contributed by atoms with Gasteiger partial charge >= 0.3 is 5.97 Å². The minimum atomic E-state index is -0.367. The maximum absolute atomic E-state index is 10.7. The van der Waals surface area contributed by atoms with E-state index in [0.29, 0.717) is 4.48 Å². The molecular weight excluding hydrogens is 198 g/mol. The largest absolute Gasteiger partial charge is 0.465 e. The maximum atomic E-state index is 10.7. The molecule has 0 radical (unpaired) electrons. The van der Waals surface area contributed by atoms with Crippen LogP contribution in [-0.4, -0.2) is 32.1 Å². The molecule has 58 valence electrons. The van der Waals surface area contributed by atoms with E-state index >= 15 is 0 Å². The van der Waals surface area contributed by atoms with Crippen molar-refractivity contribution >= 4 is 21.9 Å². The molecule has 0 N–H and O–H groups in total. The fraction of sp³-hybridized carbons (Fsp3) is 0.500. The smallest absolute Gasteiger partial charge is 0.346 e. The Kier molecular flexibility index (Phi) is 4.11. The van der Waals surface area contributed by atoms with Gasteiger partial charge in [-0.05, 0) is 15.9 Å². The molecule has 4 heteroatoms. The number of ether oxygens (including phenoxy) is 1. The highest BCUT2D eigenvalue weighted by Gasteiger charge is 2.03. The van der Waals surface area contributed by atoms with Crippen molar-refractivity contribution in [2.75, 3.05) is 21.2 Å². The molecule has 0 saturated carbocycles. The van der Waals surface area contributed by atoms with E-state index in [1.807, 2.05) is 14.1 Å². The molecule has 3 nitrogen and oxygen atoms in total. The Labute approximate surface area is 68.8 Å². The standard InChI is InChI=1S/C6H10BrNO2/c1-8(2)4-5(7)6(9)10-3/h4H,1-3H3/b5-4-. The fourth-order valence-corrected chi connectivity index (χ4v) is 0.948. The Morgan fingerprint density at radius 3 is 2.40 bits per heavy atom. The van der Waals surface area contributed by atoms with Gasteiger partial charge in [0.25, 0.3) is 0 Å². The van der Waals surface area contributed by atoms with Gasteiger partial charge in [-0.3, -0.25) is 0 Å². The summed E-state index contributed by atoms with van der Waals surface area (Å²) in [5.74, 6) is -0.367. The summed E-state index contributed by atoms with van der Waals surface area (Å²) >= 11 is 3.05. The minimum Gasteiger partial charge on any atom is -0.465 e. The zero-order valence-electron chi connectivity index (χ0n) is 6.22. The van der Waals surface area contributed by atoms with Gasteiger partial charge in [-0.25, -0.2) is 4.79 Å². The molecule has 0 amide bonds. The zero-order chi connectivity index (χ0) is 8.15. The van der Waals surface area contributed by atoms with Crippen LogP contribution in [0.5, 0.6) is 0 Å². The first-order valence-electron chi connectivity index (χ1n) is 2.70. The van der Waals surface area contributed by atoms with Crippen LogP contribution in [0.3, 0.4) is 0 Å². The highest BCUT2D eigenvalue weighted by molar-refractivity contribution is 9.12. The summed E-state index contributed by atoms with van der Waals surface area (Å²) in [5, 5.41) is 0. The molecule has 0 aromatic rings. The molecule has 0 aromatic carbocycles. The summed E-state index contributed by atoms with van der Waals surface area (Å²) in [6.45, 7) is 0. The van der Waals surface area contributed by atoms with E-state index in [4.69, 9.17) is 0 Å². The normalized spacial score (nSPS) is 11.0. The van der Waals surface area contributed by atoms with Crippen LogP contribution in [0, 0.1) is 0 Å². The molecule has 0 aliphatic carbocycles. The fourth-order valence-electron chi connectivity index (χ4n) is 0.377. The van der Waals surface area contributed by atoms with E-state index in [0.717, 1.165) is 0 Å². The van der Waals surface area contributed by atoms with Crippen molar-refractivity contribution in [2.24, 2.45) is 0 Å². The lowest BCUT2D eigenvalue weighted by molar-refractivity contribution is -0.135. The third-order valence-electron chi connectivity index (χ3n) is 0.752. The molecule has 0 aliphatic heterocycles. The topological polar surface area (TPSA) is 29.5 Å². The predicted molar refractivity (Wildman–Crippen MR) is 42.7 cm³/mol. The highest BCUT2D eigenvalue weighted by Crippen LogP contribution is 2.06. The average molecular weight is 208 g/mol. The second kappa shape index (κ2) is 4.33. The Morgan fingerprint density at radius 1 is 1.60 bits per heavy atom. The number of rotatable bonds is 2. The molecule has 0 aliphatic rings. The quantitative estimate of drug-likeness (QED) is 0.500. The number of halogens is 1. The summed E-state index contributed by atoms with van der Waals surface area (Å²) < 4.78 is 4.85. The molecule has 0 atom stereocenters. The average Bonchev–Trinajstić information content (AvgIpc) is 1.85. The Bertz CT molecular complexity index is 154. The lowest BCUT2D eigenvalue weighted by atomic mass is 10.6. The van der Waals surface area contributed by atoms with Crippen molar-refractivity contribution in [1.29, 1.82) is 0 Å². The second-order valence-corrected chi connectivity index (χ2v) is 2.79. The highest BCUT2D eigenvalue weighted by atomic mass is 79.9. The van der Waals surface area contributed by atoms with Crippen LogP contribution in [0.25, 0.3) is 0 Å². The van der Waals surface area contributed by atoms with Crippen molar-refractivity contribution in [3.05, 3.63) is 10.7 Å². The summed E-state index contributed by atoms with van der Waals surface area (Å²) in [6, 6.07) is 0. The number of hydrogen-bond acceptors (Lipinski definition) is 3. The van der Waals surface area contributed by atoms with Gasteiger partial charge in [0.1, 0.15) is 4.48 Å². The molecule has 0 rings (SSSR count). The van der Waals surface area contributed by atoms with E-state index in [-0.39, 0.29) is 5.97 Å².